The number of carbonyl (C=O) groups excluding carboxylic acids is 3. The van der Waals surface area contributed by atoms with E-state index in [0.717, 1.165) is 34.0 Å². The second-order valence-electron chi connectivity index (χ2n) is 12.4. The molecular weight excluding hydrogens is 632 g/mol. The van der Waals surface area contributed by atoms with Crippen LogP contribution in [0, 0.1) is 27.7 Å². The summed E-state index contributed by atoms with van der Waals surface area (Å²) in [6, 6.07) is 6.34. The van der Waals surface area contributed by atoms with Crippen LogP contribution in [0.2, 0.25) is 0 Å². The zero-order valence-electron chi connectivity index (χ0n) is 29.2. The van der Waals surface area contributed by atoms with Gasteiger partial charge in [0.15, 0.2) is 0 Å². The topological polar surface area (TPSA) is 175 Å². The first-order valence-corrected chi connectivity index (χ1v) is 16.4. The average molecular weight is 681 g/mol. The number of carboxylic acids is 2. The van der Waals surface area contributed by atoms with Gasteiger partial charge in [-0.25, -0.2) is 9.59 Å². The Morgan fingerprint density at radius 3 is 1.80 bits per heavy atom. The van der Waals surface area contributed by atoms with Crippen LogP contribution in [0.5, 0.6) is 11.5 Å². The van der Waals surface area contributed by atoms with Crippen molar-refractivity contribution in [2.75, 3.05) is 50.5 Å². The molecule has 2 aromatic carbocycles. The molecule has 1 unspecified atom stereocenters. The smallest absolute Gasteiger partial charge is 0.333 e. The van der Waals surface area contributed by atoms with Crippen LogP contribution in [0.15, 0.2) is 35.9 Å². The van der Waals surface area contributed by atoms with Gasteiger partial charge in [-0.3, -0.25) is 19.3 Å². The van der Waals surface area contributed by atoms with Gasteiger partial charge in [-0.2, -0.15) is 0 Å². The second kappa shape index (κ2) is 18.1. The van der Waals surface area contributed by atoms with Gasteiger partial charge in [-0.1, -0.05) is 0 Å². The number of amides is 2. The number of nitrogens with one attached hydrogen (secondary N) is 2. The second-order valence-corrected chi connectivity index (χ2v) is 12.4. The van der Waals surface area contributed by atoms with Crippen molar-refractivity contribution in [2.24, 2.45) is 0 Å². The van der Waals surface area contributed by atoms with Crippen LogP contribution in [-0.2, 0) is 24.0 Å². The number of aliphatic carboxylic acids is 2. The Kier molecular flexibility index (Phi) is 14.3. The lowest BCUT2D eigenvalue weighted by atomic mass is 10.0. The molecule has 0 spiro atoms. The van der Waals surface area contributed by atoms with Crippen molar-refractivity contribution in [2.45, 2.75) is 72.8 Å². The molecule has 2 aromatic rings. The van der Waals surface area contributed by atoms with Gasteiger partial charge in [0.2, 0.25) is 11.8 Å². The molecule has 0 aromatic heterocycles. The van der Waals surface area contributed by atoms with Gasteiger partial charge >= 0.3 is 17.9 Å². The Labute approximate surface area is 287 Å². The third kappa shape index (κ3) is 11.7. The monoisotopic (exact) mass is 680 g/mol. The summed E-state index contributed by atoms with van der Waals surface area (Å²) in [5.41, 5.74) is 4.42. The standard InChI is InChI=1S/C36H48N4O9/c1-22-16-27(48-6)17-23(2)34(22)37-31(42)10-7-12-39-13-9-15-40(30(21-39)29(36(46)47)20-33(44)45)14-8-11-32(43)38-35-24(3)18-28(19-25(35)4)49-26(5)41/h16-20,30H,7-15,21H2,1-6H3,(H,37,42)(H,38,43)(H,44,45)(H,46,47)/b29-20+. The maximum atomic E-state index is 12.9. The van der Waals surface area contributed by atoms with E-state index in [1.54, 1.807) is 33.1 Å². The number of aryl methyl sites for hydroxylation is 4. The summed E-state index contributed by atoms with van der Waals surface area (Å²) in [4.78, 5) is 65.0. The summed E-state index contributed by atoms with van der Waals surface area (Å²) in [6.45, 7) is 11.1. The highest BCUT2D eigenvalue weighted by atomic mass is 16.5. The van der Waals surface area contributed by atoms with Crippen molar-refractivity contribution >= 4 is 41.1 Å². The first kappa shape index (κ1) is 38.7. The summed E-state index contributed by atoms with van der Waals surface area (Å²) in [6.07, 6.45) is 2.80. The fraction of sp³-hybridized carbons (Fsp3) is 0.472. The van der Waals surface area contributed by atoms with Gasteiger partial charge in [0.25, 0.3) is 0 Å². The molecule has 13 heteroatoms. The van der Waals surface area contributed by atoms with E-state index in [-0.39, 0.29) is 36.8 Å². The lowest BCUT2D eigenvalue weighted by Gasteiger charge is -2.32. The molecule has 1 aliphatic rings. The van der Waals surface area contributed by atoms with E-state index in [1.807, 2.05) is 30.9 Å². The Morgan fingerprint density at radius 2 is 1.33 bits per heavy atom. The largest absolute Gasteiger partial charge is 0.497 e. The van der Waals surface area contributed by atoms with E-state index in [0.29, 0.717) is 62.6 Å². The van der Waals surface area contributed by atoms with Crippen LogP contribution < -0.4 is 20.1 Å². The van der Waals surface area contributed by atoms with Gasteiger partial charge in [0, 0.05) is 50.3 Å². The fourth-order valence-corrected chi connectivity index (χ4v) is 6.20. The van der Waals surface area contributed by atoms with Crippen LogP contribution in [0.25, 0.3) is 0 Å². The lowest BCUT2D eigenvalue weighted by Crippen LogP contribution is -2.45. The van der Waals surface area contributed by atoms with Crippen molar-refractivity contribution < 1.29 is 43.7 Å². The van der Waals surface area contributed by atoms with Gasteiger partial charge < -0.3 is 35.2 Å². The zero-order chi connectivity index (χ0) is 36.2. The highest BCUT2D eigenvalue weighted by Crippen LogP contribution is 2.28. The first-order chi connectivity index (χ1) is 23.2. The fourth-order valence-electron chi connectivity index (χ4n) is 6.20. The molecule has 0 saturated carbocycles. The third-order valence-electron chi connectivity index (χ3n) is 8.44. The molecule has 1 fully saturated rings. The number of hydrogen-bond acceptors (Lipinski definition) is 9. The molecule has 13 nitrogen and oxygen atoms in total. The molecular formula is C36H48N4O9. The number of carbonyl (C=O) groups is 5. The van der Waals surface area contributed by atoms with E-state index < -0.39 is 23.9 Å². The van der Waals surface area contributed by atoms with Gasteiger partial charge in [0.05, 0.1) is 18.7 Å². The van der Waals surface area contributed by atoms with Crippen molar-refractivity contribution in [3.63, 3.8) is 0 Å². The summed E-state index contributed by atoms with van der Waals surface area (Å²) in [7, 11) is 1.59. The molecule has 3 rings (SSSR count). The molecule has 4 N–H and O–H groups in total. The predicted molar refractivity (Wildman–Crippen MR) is 185 cm³/mol. The lowest BCUT2D eigenvalue weighted by molar-refractivity contribution is -0.135. The molecule has 1 heterocycles. The number of hydrogen-bond donors (Lipinski definition) is 4. The van der Waals surface area contributed by atoms with E-state index in [2.05, 4.69) is 15.5 Å². The summed E-state index contributed by atoms with van der Waals surface area (Å²) in [5, 5.41) is 25.4. The van der Waals surface area contributed by atoms with Crippen LogP contribution in [0.3, 0.4) is 0 Å². The Morgan fingerprint density at radius 1 is 0.816 bits per heavy atom. The Balaban J connectivity index is 1.63. The summed E-state index contributed by atoms with van der Waals surface area (Å²) >= 11 is 0. The van der Waals surface area contributed by atoms with Crippen LogP contribution >= 0.6 is 0 Å². The number of ether oxygens (including phenoxy) is 2. The maximum absolute atomic E-state index is 12.9. The molecule has 0 radical (unpaired) electrons. The third-order valence-corrected chi connectivity index (χ3v) is 8.44. The molecule has 0 aliphatic carbocycles. The van der Waals surface area contributed by atoms with E-state index >= 15 is 0 Å². The molecule has 1 saturated heterocycles. The number of carboxylic acid groups (broad SMARTS) is 2. The van der Waals surface area contributed by atoms with E-state index in [4.69, 9.17) is 9.47 Å². The Bertz CT molecular complexity index is 1540. The number of anilines is 2. The summed E-state index contributed by atoms with van der Waals surface area (Å²) < 4.78 is 10.5. The van der Waals surface area contributed by atoms with Crippen molar-refractivity contribution in [3.05, 3.63) is 58.2 Å². The van der Waals surface area contributed by atoms with Crippen molar-refractivity contribution in [3.8, 4) is 11.5 Å². The van der Waals surface area contributed by atoms with E-state index in [9.17, 15) is 34.2 Å². The number of nitrogens with zero attached hydrogens (tertiary/aromatic N) is 2. The minimum atomic E-state index is -1.35. The average Bonchev–Trinajstić information content (AvgIpc) is 3.20. The minimum absolute atomic E-state index is 0.134. The molecule has 2 amide bonds. The quantitative estimate of drug-likeness (QED) is 0.119. The van der Waals surface area contributed by atoms with Crippen LogP contribution in [0.1, 0.15) is 61.3 Å². The minimum Gasteiger partial charge on any atom is -0.497 e. The number of methoxy groups -OCH3 is 1. The molecule has 49 heavy (non-hydrogen) atoms. The summed E-state index contributed by atoms with van der Waals surface area (Å²) in [5.74, 6) is -2.35. The normalized spacial score (nSPS) is 15.6. The Hall–Kier alpha value is -4.75. The SMILES string of the molecule is COc1cc(C)c(NC(=O)CCCN2CCCN(CCCC(=O)Nc3c(C)cc(OC(C)=O)cc3C)C(/C(=C\C(=O)O)C(=O)O)C2)c(C)c1. The number of esters is 1. The van der Waals surface area contributed by atoms with Crippen molar-refractivity contribution in [1.82, 2.24) is 9.80 Å². The van der Waals surface area contributed by atoms with Gasteiger partial charge in [0.1, 0.15) is 11.5 Å². The van der Waals surface area contributed by atoms with Gasteiger partial charge in [-0.15, -0.1) is 0 Å². The molecule has 266 valence electrons. The predicted octanol–water partition coefficient (Wildman–Crippen LogP) is 4.46. The van der Waals surface area contributed by atoms with Crippen LogP contribution in [-0.4, -0.2) is 95.6 Å². The molecule has 1 aliphatic heterocycles. The zero-order valence-corrected chi connectivity index (χ0v) is 29.2. The maximum Gasteiger partial charge on any atom is 0.333 e. The highest BCUT2D eigenvalue weighted by molar-refractivity contribution is 5.96. The first-order valence-electron chi connectivity index (χ1n) is 16.4. The van der Waals surface area contributed by atoms with E-state index in [1.165, 1.54) is 6.92 Å². The molecule has 1 atom stereocenters. The number of benzene rings is 2. The highest BCUT2D eigenvalue weighted by Gasteiger charge is 2.31. The molecule has 0 bridgehead atoms. The van der Waals surface area contributed by atoms with Crippen LogP contribution in [0.4, 0.5) is 11.4 Å². The number of rotatable bonds is 15. The van der Waals surface area contributed by atoms with Crippen molar-refractivity contribution in [1.29, 1.82) is 0 Å². The van der Waals surface area contributed by atoms with Gasteiger partial charge in [-0.05, 0) is 113 Å².